The van der Waals surface area contributed by atoms with Gasteiger partial charge in [0.25, 0.3) is 5.91 Å². The highest BCUT2D eigenvalue weighted by atomic mass is 16.5. The van der Waals surface area contributed by atoms with Gasteiger partial charge in [0, 0.05) is 12.0 Å². The van der Waals surface area contributed by atoms with Crippen molar-refractivity contribution in [1.29, 1.82) is 0 Å². The molecule has 0 radical (unpaired) electrons. The lowest BCUT2D eigenvalue weighted by Crippen LogP contribution is -2.41. The summed E-state index contributed by atoms with van der Waals surface area (Å²) in [5.41, 5.74) is 0.218. The highest BCUT2D eigenvalue weighted by Gasteiger charge is 2.22. The summed E-state index contributed by atoms with van der Waals surface area (Å²) in [6.07, 6.45) is -0.154. The maximum Gasteiger partial charge on any atom is 0.326 e. The van der Waals surface area contributed by atoms with E-state index in [9.17, 15) is 14.4 Å². The lowest BCUT2D eigenvalue weighted by atomic mass is 10.1. The number of rotatable bonds is 7. The number of phenolic OH excluding ortho intramolecular Hbond substituents is 1. The van der Waals surface area contributed by atoms with Gasteiger partial charge in [-0.1, -0.05) is 0 Å². The zero-order valence-electron chi connectivity index (χ0n) is 11.5. The molecule has 0 aliphatic rings. The van der Waals surface area contributed by atoms with Crippen LogP contribution in [-0.4, -0.2) is 40.7 Å². The van der Waals surface area contributed by atoms with Gasteiger partial charge in [0.1, 0.15) is 11.8 Å². The monoisotopic (exact) mass is 295 g/mol. The molecule has 1 rings (SSSR count). The Kier molecular flexibility index (Phi) is 6.19. The first-order valence-electron chi connectivity index (χ1n) is 6.42. The van der Waals surface area contributed by atoms with Crippen molar-refractivity contribution in [2.75, 3.05) is 6.61 Å². The molecule has 0 bridgehead atoms. The number of carbonyl (C=O) groups excluding carboxylic acids is 2. The molecule has 1 aromatic rings. The Hall–Kier alpha value is -2.57. The number of carboxylic acid groups (broad SMARTS) is 1. The van der Waals surface area contributed by atoms with Crippen molar-refractivity contribution < 1.29 is 29.3 Å². The highest BCUT2D eigenvalue weighted by molar-refractivity contribution is 5.96. The van der Waals surface area contributed by atoms with Gasteiger partial charge in [0.05, 0.1) is 6.61 Å². The smallest absolute Gasteiger partial charge is 0.326 e. The average molecular weight is 295 g/mol. The van der Waals surface area contributed by atoms with E-state index < -0.39 is 23.9 Å². The van der Waals surface area contributed by atoms with Crippen LogP contribution in [0.25, 0.3) is 0 Å². The molecule has 21 heavy (non-hydrogen) atoms. The number of amides is 1. The molecule has 0 aromatic heterocycles. The fraction of sp³-hybridized carbons (Fsp3) is 0.357. The molecule has 7 heteroatoms. The van der Waals surface area contributed by atoms with E-state index in [0.717, 1.165) is 0 Å². The summed E-state index contributed by atoms with van der Waals surface area (Å²) < 4.78 is 4.70. The summed E-state index contributed by atoms with van der Waals surface area (Å²) in [6, 6.07) is 4.20. The number of carbonyl (C=O) groups is 3. The molecule has 0 unspecified atom stereocenters. The SMILES string of the molecule is CCOC(=O)CC[C@H](NC(=O)c1ccc(O)cc1)C(=O)O. The minimum atomic E-state index is -1.23. The van der Waals surface area contributed by atoms with Crippen molar-refractivity contribution in [1.82, 2.24) is 5.32 Å². The summed E-state index contributed by atoms with van der Waals surface area (Å²) in [6.45, 7) is 1.87. The number of hydrogen-bond acceptors (Lipinski definition) is 5. The predicted octanol–water partition coefficient (Wildman–Crippen LogP) is 0.918. The van der Waals surface area contributed by atoms with Crippen LogP contribution in [0.2, 0.25) is 0 Å². The first-order valence-corrected chi connectivity index (χ1v) is 6.42. The zero-order valence-corrected chi connectivity index (χ0v) is 11.5. The Morgan fingerprint density at radius 2 is 1.86 bits per heavy atom. The summed E-state index contributed by atoms with van der Waals surface area (Å²) in [4.78, 5) is 34.2. The molecular weight excluding hydrogens is 278 g/mol. The standard InChI is InChI=1S/C14H17NO6/c1-2-21-12(17)8-7-11(14(19)20)15-13(18)9-3-5-10(16)6-4-9/h3-6,11,16H,2,7-8H2,1H3,(H,15,18)(H,19,20)/t11-/m0/s1. The average Bonchev–Trinajstić information content (AvgIpc) is 2.43. The molecule has 0 heterocycles. The van der Waals surface area contributed by atoms with Crippen molar-refractivity contribution in [3.8, 4) is 5.75 Å². The third-order valence-electron chi connectivity index (χ3n) is 2.68. The second-order valence-electron chi connectivity index (χ2n) is 4.25. The third kappa shape index (κ3) is 5.52. The van der Waals surface area contributed by atoms with E-state index in [0.29, 0.717) is 0 Å². The van der Waals surface area contributed by atoms with E-state index in [-0.39, 0.29) is 30.8 Å². The van der Waals surface area contributed by atoms with Crippen LogP contribution < -0.4 is 5.32 Å². The Morgan fingerprint density at radius 3 is 2.38 bits per heavy atom. The maximum absolute atomic E-state index is 11.9. The van der Waals surface area contributed by atoms with Gasteiger partial charge in [-0.15, -0.1) is 0 Å². The first-order chi connectivity index (χ1) is 9.93. The molecule has 3 N–H and O–H groups in total. The van der Waals surface area contributed by atoms with Crippen LogP contribution in [0.15, 0.2) is 24.3 Å². The second-order valence-corrected chi connectivity index (χ2v) is 4.25. The fourth-order valence-electron chi connectivity index (χ4n) is 1.61. The van der Waals surface area contributed by atoms with Gasteiger partial charge in [0.2, 0.25) is 0 Å². The van der Waals surface area contributed by atoms with Crippen LogP contribution in [0.1, 0.15) is 30.1 Å². The number of esters is 1. The molecule has 0 aliphatic heterocycles. The van der Waals surface area contributed by atoms with Crippen molar-refractivity contribution in [3.63, 3.8) is 0 Å². The third-order valence-corrected chi connectivity index (χ3v) is 2.68. The first kappa shape index (κ1) is 16.5. The molecule has 1 atom stereocenters. The molecular formula is C14H17NO6. The van der Waals surface area contributed by atoms with Gasteiger partial charge in [0.15, 0.2) is 0 Å². The second kappa shape index (κ2) is 7.88. The molecule has 0 saturated carbocycles. The van der Waals surface area contributed by atoms with Crippen LogP contribution in [0.5, 0.6) is 5.75 Å². The van der Waals surface area contributed by atoms with E-state index in [4.69, 9.17) is 14.9 Å². The Bertz CT molecular complexity index is 511. The van der Waals surface area contributed by atoms with Crippen LogP contribution in [0.4, 0.5) is 0 Å². The number of aliphatic carboxylic acids is 1. The summed E-state index contributed by atoms with van der Waals surface area (Å²) in [5.74, 6) is -2.33. The summed E-state index contributed by atoms with van der Waals surface area (Å²) in [7, 11) is 0. The molecule has 0 saturated heterocycles. The Labute approximate surface area is 121 Å². The number of hydrogen-bond donors (Lipinski definition) is 3. The van der Waals surface area contributed by atoms with Crippen molar-refractivity contribution >= 4 is 17.8 Å². The van der Waals surface area contributed by atoms with E-state index >= 15 is 0 Å². The van der Waals surface area contributed by atoms with Gasteiger partial charge in [-0.2, -0.15) is 0 Å². The molecule has 0 fully saturated rings. The summed E-state index contributed by atoms with van der Waals surface area (Å²) >= 11 is 0. The normalized spacial score (nSPS) is 11.5. The van der Waals surface area contributed by atoms with E-state index in [1.165, 1.54) is 24.3 Å². The Balaban J connectivity index is 2.61. The van der Waals surface area contributed by atoms with Crippen LogP contribution in [-0.2, 0) is 14.3 Å². The number of phenols is 1. The van der Waals surface area contributed by atoms with Crippen LogP contribution >= 0.6 is 0 Å². The van der Waals surface area contributed by atoms with E-state index in [1.54, 1.807) is 6.92 Å². The van der Waals surface area contributed by atoms with Gasteiger partial charge in [-0.25, -0.2) is 4.79 Å². The maximum atomic E-state index is 11.9. The predicted molar refractivity (Wildman–Crippen MR) is 72.9 cm³/mol. The minimum absolute atomic E-state index is 0.00338. The Morgan fingerprint density at radius 1 is 1.24 bits per heavy atom. The quantitative estimate of drug-likeness (QED) is 0.645. The largest absolute Gasteiger partial charge is 0.508 e. The molecule has 1 aromatic carbocycles. The van der Waals surface area contributed by atoms with Crippen LogP contribution in [0.3, 0.4) is 0 Å². The lowest BCUT2D eigenvalue weighted by Gasteiger charge is -2.14. The lowest BCUT2D eigenvalue weighted by molar-refractivity contribution is -0.144. The van der Waals surface area contributed by atoms with Gasteiger partial charge in [-0.3, -0.25) is 9.59 Å². The molecule has 114 valence electrons. The number of nitrogens with one attached hydrogen (secondary N) is 1. The van der Waals surface area contributed by atoms with Gasteiger partial charge in [-0.05, 0) is 37.6 Å². The molecule has 0 spiro atoms. The topological polar surface area (TPSA) is 113 Å². The highest BCUT2D eigenvalue weighted by Crippen LogP contribution is 2.10. The van der Waals surface area contributed by atoms with Crippen molar-refractivity contribution in [2.24, 2.45) is 0 Å². The number of carboxylic acids is 1. The van der Waals surface area contributed by atoms with Crippen molar-refractivity contribution in [2.45, 2.75) is 25.8 Å². The van der Waals surface area contributed by atoms with Crippen LogP contribution in [0, 0.1) is 0 Å². The zero-order chi connectivity index (χ0) is 15.8. The number of aromatic hydroxyl groups is 1. The molecule has 0 aliphatic carbocycles. The number of benzene rings is 1. The molecule has 7 nitrogen and oxygen atoms in total. The van der Waals surface area contributed by atoms with Crippen molar-refractivity contribution in [3.05, 3.63) is 29.8 Å². The molecule has 1 amide bonds. The van der Waals surface area contributed by atoms with Gasteiger partial charge >= 0.3 is 11.9 Å². The van der Waals surface area contributed by atoms with E-state index in [1.807, 2.05) is 0 Å². The van der Waals surface area contributed by atoms with Gasteiger partial charge < -0.3 is 20.3 Å². The fourth-order valence-corrected chi connectivity index (χ4v) is 1.61. The number of ether oxygens (including phenoxy) is 1. The summed E-state index contributed by atoms with van der Waals surface area (Å²) in [5, 5.41) is 20.5. The van der Waals surface area contributed by atoms with E-state index in [2.05, 4.69) is 5.32 Å². The minimum Gasteiger partial charge on any atom is -0.508 e.